The molecule has 34 heavy (non-hydrogen) atoms. The number of benzene rings is 3. The van der Waals surface area contributed by atoms with E-state index in [-0.39, 0.29) is 0 Å². The number of halogens is 1. The van der Waals surface area contributed by atoms with Crippen LogP contribution in [0, 0.1) is 0 Å². The average Bonchev–Trinajstić information content (AvgIpc) is 3.52. The first-order valence-corrected chi connectivity index (χ1v) is 12.0. The molecule has 0 unspecified atom stereocenters. The van der Waals surface area contributed by atoms with Crippen molar-refractivity contribution >= 4 is 23.4 Å². The number of hydrogen-bond donors (Lipinski definition) is 0. The molecule has 7 nitrogen and oxygen atoms in total. The Balaban J connectivity index is 1.46. The fraction of sp³-hybridized carbons (Fsp3) is 0.120. The Labute approximate surface area is 205 Å². The van der Waals surface area contributed by atoms with Gasteiger partial charge in [0.15, 0.2) is 11.0 Å². The Kier molecular flexibility index (Phi) is 6.60. The van der Waals surface area contributed by atoms with Gasteiger partial charge in [-0.3, -0.25) is 4.57 Å². The molecule has 0 N–H and O–H groups in total. The number of thioether (sulfide) groups is 1. The number of nitrogens with zero attached hydrogens (tertiary/aromatic N) is 5. The Morgan fingerprint density at radius 1 is 0.882 bits per heavy atom. The second-order valence-electron chi connectivity index (χ2n) is 7.20. The van der Waals surface area contributed by atoms with Crippen LogP contribution in [0.15, 0.2) is 88.4 Å². The number of aromatic nitrogens is 5. The Morgan fingerprint density at radius 3 is 2.41 bits per heavy atom. The number of rotatable bonds is 8. The topological polar surface area (TPSA) is 78.9 Å². The van der Waals surface area contributed by atoms with Gasteiger partial charge in [0.05, 0.1) is 17.4 Å². The summed E-state index contributed by atoms with van der Waals surface area (Å²) in [6.07, 6.45) is 0. The van der Waals surface area contributed by atoms with Crippen molar-refractivity contribution in [2.75, 3.05) is 6.61 Å². The normalized spacial score (nSPS) is 11.0. The highest BCUT2D eigenvalue weighted by molar-refractivity contribution is 7.98. The van der Waals surface area contributed by atoms with Crippen LogP contribution >= 0.6 is 23.4 Å². The second kappa shape index (κ2) is 10.1. The van der Waals surface area contributed by atoms with Crippen molar-refractivity contribution in [2.45, 2.75) is 17.8 Å². The Morgan fingerprint density at radius 2 is 1.65 bits per heavy atom. The van der Waals surface area contributed by atoms with Gasteiger partial charge in [-0.25, -0.2) is 0 Å². The molecule has 170 valence electrons. The zero-order chi connectivity index (χ0) is 23.3. The van der Waals surface area contributed by atoms with Crippen molar-refractivity contribution < 1.29 is 9.15 Å². The molecule has 0 bridgehead atoms. The van der Waals surface area contributed by atoms with Crippen LogP contribution in [0.25, 0.3) is 28.5 Å². The second-order valence-corrected chi connectivity index (χ2v) is 8.55. The summed E-state index contributed by atoms with van der Waals surface area (Å²) >= 11 is 7.94. The van der Waals surface area contributed by atoms with Gasteiger partial charge < -0.3 is 9.15 Å². The average molecular weight is 490 g/mol. The van der Waals surface area contributed by atoms with E-state index in [1.807, 2.05) is 90.4 Å². The van der Waals surface area contributed by atoms with Gasteiger partial charge in [0.25, 0.3) is 0 Å². The summed E-state index contributed by atoms with van der Waals surface area (Å²) in [6, 6.07) is 25.0. The van der Waals surface area contributed by atoms with Crippen LogP contribution in [0.4, 0.5) is 0 Å². The van der Waals surface area contributed by atoms with Crippen molar-refractivity contribution in [3.8, 4) is 34.3 Å². The summed E-state index contributed by atoms with van der Waals surface area (Å²) < 4.78 is 13.4. The van der Waals surface area contributed by atoms with Gasteiger partial charge in [-0.15, -0.1) is 20.4 Å². The molecule has 3 aromatic carbocycles. The van der Waals surface area contributed by atoms with Crippen LogP contribution in [0.1, 0.15) is 12.8 Å². The molecule has 5 aromatic rings. The molecule has 0 radical (unpaired) electrons. The van der Waals surface area contributed by atoms with Crippen LogP contribution in [0.5, 0.6) is 5.75 Å². The Bertz CT molecular complexity index is 1390. The number of ether oxygens (including phenoxy) is 1. The molecule has 0 atom stereocenters. The first-order chi connectivity index (χ1) is 16.7. The molecule has 0 aliphatic rings. The monoisotopic (exact) mass is 489 g/mol. The maximum absolute atomic E-state index is 6.49. The largest absolute Gasteiger partial charge is 0.494 e. The molecule has 0 aliphatic heterocycles. The summed E-state index contributed by atoms with van der Waals surface area (Å²) in [5.41, 5.74) is 2.56. The molecular formula is C25H20ClN5O2S. The molecule has 0 saturated heterocycles. The van der Waals surface area contributed by atoms with E-state index in [9.17, 15) is 0 Å². The summed E-state index contributed by atoms with van der Waals surface area (Å²) in [7, 11) is 0. The lowest BCUT2D eigenvalue weighted by Gasteiger charge is -2.12. The molecule has 0 amide bonds. The maximum Gasteiger partial charge on any atom is 0.247 e. The van der Waals surface area contributed by atoms with Gasteiger partial charge in [0, 0.05) is 16.8 Å². The van der Waals surface area contributed by atoms with E-state index in [1.165, 1.54) is 11.8 Å². The lowest BCUT2D eigenvalue weighted by molar-refractivity contribution is 0.340. The quantitative estimate of drug-likeness (QED) is 0.236. The molecule has 9 heteroatoms. The molecule has 2 aromatic heterocycles. The van der Waals surface area contributed by atoms with Crippen LogP contribution in [0.3, 0.4) is 0 Å². The minimum atomic E-state index is 0.442. The minimum Gasteiger partial charge on any atom is -0.494 e. The fourth-order valence-corrected chi connectivity index (χ4v) is 4.42. The lowest BCUT2D eigenvalue weighted by Crippen LogP contribution is -2.01. The van der Waals surface area contributed by atoms with Crippen LogP contribution in [-0.4, -0.2) is 31.6 Å². The summed E-state index contributed by atoms with van der Waals surface area (Å²) in [5.74, 6) is 2.88. The highest BCUT2D eigenvalue weighted by atomic mass is 35.5. The molecule has 2 heterocycles. The molecule has 0 fully saturated rings. The van der Waals surface area contributed by atoms with E-state index in [2.05, 4.69) is 20.4 Å². The van der Waals surface area contributed by atoms with E-state index in [4.69, 9.17) is 20.8 Å². The van der Waals surface area contributed by atoms with Gasteiger partial charge >= 0.3 is 0 Å². The van der Waals surface area contributed by atoms with E-state index in [1.54, 1.807) is 0 Å². The minimum absolute atomic E-state index is 0.442. The molecular weight excluding hydrogens is 470 g/mol. The van der Waals surface area contributed by atoms with Crippen molar-refractivity contribution in [1.29, 1.82) is 0 Å². The summed E-state index contributed by atoms with van der Waals surface area (Å²) in [4.78, 5) is 0. The summed E-state index contributed by atoms with van der Waals surface area (Å²) in [6.45, 7) is 2.56. The van der Waals surface area contributed by atoms with Crippen molar-refractivity contribution in [2.24, 2.45) is 0 Å². The first kappa shape index (κ1) is 22.2. The molecule has 5 rings (SSSR count). The van der Waals surface area contributed by atoms with Gasteiger partial charge in [-0.2, -0.15) is 0 Å². The van der Waals surface area contributed by atoms with Gasteiger partial charge in [0.1, 0.15) is 5.75 Å². The van der Waals surface area contributed by atoms with Crippen molar-refractivity contribution in [1.82, 2.24) is 25.0 Å². The SMILES string of the molecule is CCOc1ccc(-n2c(SCc3nnc(-c4ccccc4)o3)nnc2-c2ccccc2Cl)cc1. The third-order valence-corrected chi connectivity index (χ3v) is 6.21. The Hall–Kier alpha value is -3.62. The van der Waals surface area contributed by atoms with E-state index >= 15 is 0 Å². The highest BCUT2D eigenvalue weighted by Gasteiger charge is 2.19. The first-order valence-electron chi connectivity index (χ1n) is 10.7. The lowest BCUT2D eigenvalue weighted by atomic mass is 10.2. The zero-order valence-electron chi connectivity index (χ0n) is 18.3. The third kappa shape index (κ3) is 4.69. The molecule has 0 aliphatic carbocycles. The van der Waals surface area contributed by atoms with Crippen LogP contribution in [0.2, 0.25) is 5.02 Å². The van der Waals surface area contributed by atoms with E-state index in [0.29, 0.717) is 40.1 Å². The predicted molar refractivity (Wildman–Crippen MR) is 132 cm³/mol. The zero-order valence-corrected chi connectivity index (χ0v) is 19.8. The van der Waals surface area contributed by atoms with Crippen molar-refractivity contribution in [3.63, 3.8) is 0 Å². The molecule has 0 spiro atoms. The van der Waals surface area contributed by atoms with Gasteiger partial charge in [0.2, 0.25) is 11.8 Å². The predicted octanol–water partition coefficient (Wildman–Crippen LogP) is 6.33. The highest BCUT2D eigenvalue weighted by Crippen LogP contribution is 2.33. The van der Waals surface area contributed by atoms with Crippen molar-refractivity contribution in [3.05, 3.63) is 89.8 Å². The van der Waals surface area contributed by atoms with Crippen LogP contribution < -0.4 is 4.74 Å². The van der Waals surface area contributed by atoms with Gasteiger partial charge in [-0.05, 0) is 55.5 Å². The standard InChI is InChI=1S/C25H20ClN5O2S/c1-2-32-19-14-12-18(13-15-19)31-23(20-10-6-7-11-21(20)26)28-30-25(31)34-16-22-27-29-24(33-22)17-8-4-3-5-9-17/h3-15H,2,16H2,1H3. The molecule has 0 saturated carbocycles. The van der Waals surface area contributed by atoms with Gasteiger partial charge in [-0.1, -0.05) is 53.7 Å². The summed E-state index contributed by atoms with van der Waals surface area (Å²) in [5, 5.41) is 18.5. The van der Waals surface area contributed by atoms with Crippen LogP contribution in [-0.2, 0) is 5.75 Å². The number of hydrogen-bond acceptors (Lipinski definition) is 7. The van der Waals surface area contributed by atoms with E-state index < -0.39 is 0 Å². The maximum atomic E-state index is 6.49. The fourth-order valence-electron chi connectivity index (χ4n) is 3.41. The smallest absolute Gasteiger partial charge is 0.247 e. The van der Waals surface area contributed by atoms with E-state index in [0.717, 1.165) is 22.6 Å². The third-order valence-electron chi connectivity index (χ3n) is 4.97.